The van der Waals surface area contributed by atoms with Crippen LogP contribution in [0.4, 0.5) is 0 Å². The van der Waals surface area contributed by atoms with Crippen molar-refractivity contribution in [2.24, 2.45) is 7.05 Å². The van der Waals surface area contributed by atoms with Gasteiger partial charge in [0.1, 0.15) is 0 Å². The van der Waals surface area contributed by atoms with Crippen molar-refractivity contribution >= 4 is 17.0 Å². The number of hydrogen-bond acceptors (Lipinski definition) is 1. The van der Waals surface area contributed by atoms with Crippen LogP contribution in [0.3, 0.4) is 0 Å². The van der Waals surface area contributed by atoms with E-state index in [-0.39, 0.29) is 0 Å². The van der Waals surface area contributed by atoms with Crippen molar-refractivity contribution in [3.8, 4) is 0 Å². The van der Waals surface area contributed by atoms with E-state index in [1.807, 2.05) is 6.20 Å². The maximum atomic E-state index is 3.13. The largest absolute Gasteiger partial charge is 0.382 e. The van der Waals surface area contributed by atoms with Crippen molar-refractivity contribution in [1.82, 2.24) is 9.88 Å². The summed E-state index contributed by atoms with van der Waals surface area (Å²) < 4.78 is 2.22. The Morgan fingerprint density at radius 3 is 3.00 bits per heavy atom. The van der Waals surface area contributed by atoms with Crippen molar-refractivity contribution in [3.63, 3.8) is 0 Å². The van der Waals surface area contributed by atoms with E-state index in [1.165, 1.54) is 22.2 Å². The number of aromatic nitrogens is 1. The maximum absolute atomic E-state index is 3.13. The molecule has 0 atom stereocenters. The minimum absolute atomic E-state index is 1.27. The van der Waals surface area contributed by atoms with Crippen molar-refractivity contribution in [3.05, 3.63) is 48.3 Å². The third-order valence-corrected chi connectivity index (χ3v) is 2.76. The van der Waals surface area contributed by atoms with E-state index in [4.69, 9.17) is 0 Å². The molecule has 3 rings (SSSR count). The van der Waals surface area contributed by atoms with E-state index in [2.05, 4.69) is 53.8 Å². The van der Waals surface area contributed by atoms with Crippen LogP contribution in [0, 0.1) is 6.54 Å². The first-order valence-corrected chi connectivity index (χ1v) is 4.71. The second kappa shape index (κ2) is 2.64. The van der Waals surface area contributed by atoms with E-state index in [9.17, 15) is 0 Å². The molecule has 1 aromatic carbocycles. The maximum Gasteiger partial charge on any atom is 0.0780 e. The average Bonchev–Trinajstić information content (AvgIpc) is 2.55. The van der Waals surface area contributed by atoms with Gasteiger partial charge in [-0.15, -0.1) is 0 Å². The molecular weight excluding hydrogens is 172 g/mol. The fraction of sp³-hybridized carbons (Fsp3) is 0.0833. The molecule has 0 amide bonds. The standard InChI is InChI=1S/C12H11N2/c1-14-11-5-3-2-4-9(11)10-8-13-7-6-12(10)14/h2-8,13H,1H3. The molecule has 1 aliphatic rings. The van der Waals surface area contributed by atoms with Crippen LogP contribution in [-0.4, -0.2) is 4.57 Å². The number of nitrogens with zero attached hydrogens (tertiary/aromatic N) is 1. The van der Waals surface area contributed by atoms with Gasteiger partial charge in [-0.3, -0.25) is 0 Å². The van der Waals surface area contributed by atoms with Gasteiger partial charge in [-0.25, -0.2) is 0 Å². The van der Waals surface area contributed by atoms with E-state index >= 15 is 0 Å². The lowest BCUT2D eigenvalue weighted by Gasteiger charge is -2.08. The molecule has 1 N–H and O–H groups in total. The minimum Gasteiger partial charge on any atom is -0.382 e. The van der Waals surface area contributed by atoms with Crippen LogP contribution >= 0.6 is 0 Å². The van der Waals surface area contributed by atoms with E-state index in [0.29, 0.717) is 0 Å². The molecule has 1 radical (unpaired) electrons. The minimum atomic E-state index is 1.27. The monoisotopic (exact) mass is 183 g/mol. The number of nitrogens with one attached hydrogen (secondary N) is 1. The molecule has 0 saturated heterocycles. The van der Waals surface area contributed by atoms with Gasteiger partial charge < -0.3 is 9.88 Å². The highest BCUT2D eigenvalue weighted by Gasteiger charge is 2.14. The van der Waals surface area contributed by atoms with Crippen LogP contribution in [0.25, 0.3) is 17.0 Å². The predicted molar refractivity (Wildman–Crippen MR) is 58.5 cm³/mol. The highest BCUT2D eigenvalue weighted by Crippen LogP contribution is 2.28. The van der Waals surface area contributed by atoms with Gasteiger partial charge in [0.2, 0.25) is 0 Å². The molecule has 0 bridgehead atoms. The number of rotatable bonds is 0. The second-order valence-electron chi connectivity index (χ2n) is 3.52. The zero-order chi connectivity index (χ0) is 9.54. The Morgan fingerprint density at radius 2 is 2.07 bits per heavy atom. The number of aryl methyl sites for hydroxylation is 1. The van der Waals surface area contributed by atoms with E-state index in [1.54, 1.807) is 0 Å². The van der Waals surface area contributed by atoms with Gasteiger partial charge in [-0.2, -0.15) is 0 Å². The molecule has 2 aromatic rings. The van der Waals surface area contributed by atoms with Crippen LogP contribution in [0.1, 0.15) is 11.3 Å². The Bertz CT molecular complexity index is 520. The number of para-hydroxylation sites is 1. The van der Waals surface area contributed by atoms with Crippen LogP contribution < -0.4 is 5.32 Å². The first-order valence-electron chi connectivity index (χ1n) is 4.71. The summed E-state index contributed by atoms with van der Waals surface area (Å²) in [6.45, 7) is 2.05. The normalized spacial score (nSPS) is 14.1. The van der Waals surface area contributed by atoms with Gasteiger partial charge in [0.15, 0.2) is 0 Å². The quantitative estimate of drug-likeness (QED) is 0.663. The molecule has 14 heavy (non-hydrogen) atoms. The topological polar surface area (TPSA) is 17.0 Å². The molecule has 2 nitrogen and oxygen atoms in total. The molecule has 0 fully saturated rings. The highest BCUT2D eigenvalue weighted by molar-refractivity contribution is 5.90. The smallest absolute Gasteiger partial charge is 0.0780 e. The van der Waals surface area contributed by atoms with Crippen molar-refractivity contribution in [2.45, 2.75) is 0 Å². The van der Waals surface area contributed by atoms with E-state index in [0.717, 1.165) is 0 Å². The summed E-state index contributed by atoms with van der Waals surface area (Å²) >= 11 is 0. The van der Waals surface area contributed by atoms with Gasteiger partial charge in [-0.1, -0.05) is 18.2 Å². The van der Waals surface area contributed by atoms with Crippen LogP contribution in [0.2, 0.25) is 0 Å². The van der Waals surface area contributed by atoms with Gasteiger partial charge in [0.05, 0.1) is 6.54 Å². The zero-order valence-corrected chi connectivity index (χ0v) is 7.99. The van der Waals surface area contributed by atoms with Crippen LogP contribution in [-0.2, 0) is 7.05 Å². The third-order valence-electron chi connectivity index (χ3n) is 2.76. The van der Waals surface area contributed by atoms with Crippen molar-refractivity contribution < 1.29 is 0 Å². The highest BCUT2D eigenvalue weighted by atomic mass is 15.0. The Kier molecular flexibility index (Phi) is 1.45. The first kappa shape index (κ1) is 7.68. The molecule has 2 heterocycles. The fourth-order valence-electron chi connectivity index (χ4n) is 2.05. The summed E-state index contributed by atoms with van der Waals surface area (Å²) in [5.41, 5.74) is 3.83. The molecule has 0 saturated carbocycles. The van der Waals surface area contributed by atoms with E-state index < -0.39 is 0 Å². The summed E-state index contributed by atoms with van der Waals surface area (Å²) in [5.74, 6) is 0. The molecule has 69 valence electrons. The summed E-state index contributed by atoms with van der Waals surface area (Å²) in [5, 5.41) is 4.43. The van der Waals surface area contributed by atoms with Gasteiger partial charge in [0, 0.05) is 29.2 Å². The molecule has 1 aliphatic heterocycles. The first-order chi connectivity index (χ1) is 6.88. The second-order valence-corrected chi connectivity index (χ2v) is 3.52. The number of benzene rings is 1. The summed E-state index contributed by atoms with van der Waals surface area (Å²) in [4.78, 5) is 0. The Morgan fingerprint density at radius 1 is 1.21 bits per heavy atom. The van der Waals surface area contributed by atoms with Gasteiger partial charge >= 0.3 is 0 Å². The van der Waals surface area contributed by atoms with Gasteiger partial charge in [0.25, 0.3) is 0 Å². The van der Waals surface area contributed by atoms with Crippen molar-refractivity contribution in [2.75, 3.05) is 0 Å². The molecule has 0 unspecified atom stereocenters. The number of hydrogen-bond donors (Lipinski definition) is 1. The summed E-state index contributed by atoms with van der Waals surface area (Å²) in [6.07, 6.45) is 4.07. The van der Waals surface area contributed by atoms with Gasteiger partial charge in [-0.05, 0) is 18.3 Å². The summed E-state index contributed by atoms with van der Waals surface area (Å²) in [6, 6.07) is 8.46. The SMILES string of the molecule is Cn1c2c(c3ccccc31)[CH]NC=C2. The Hall–Kier alpha value is -1.70. The molecular formula is C12H11N2. The Balaban J connectivity index is 2.48. The average molecular weight is 183 g/mol. The fourth-order valence-corrected chi connectivity index (χ4v) is 2.05. The molecule has 2 heteroatoms. The van der Waals surface area contributed by atoms with Crippen LogP contribution in [0.5, 0.6) is 0 Å². The lowest BCUT2D eigenvalue weighted by molar-refractivity contribution is 0.932. The molecule has 1 aromatic heterocycles. The predicted octanol–water partition coefficient (Wildman–Crippen LogP) is 2.26. The Labute approximate surface area is 82.8 Å². The van der Waals surface area contributed by atoms with Crippen LogP contribution in [0.15, 0.2) is 30.5 Å². The summed E-state index contributed by atoms with van der Waals surface area (Å²) in [7, 11) is 2.10. The number of fused-ring (bicyclic) bond motifs is 3. The van der Waals surface area contributed by atoms with Crippen molar-refractivity contribution in [1.29, 1.82) is 0 Å². The zero-order valence-electron chi connectivity index (χ0n) is 7.99. The lowest BCUT2D eigenvalue weighted by Crippen LogP contribution is -2.07. The molecule has 0 spiro atoms. The third kappa shape index (κ3) is 0.854. The lowest BCUT2D eigenvalue weighted by atomic mass is 10.1. The molecule has 0 aliphatic carbocycles.